The molecule has 146 valence electrons. The predicted molar refractivity (Wildman–Crippen MR) is 115 cm³/mol. The van der Waals surface area contributed by atoms with Crippen molar-refractivity contribution in [1.82, 2.24) is 0 Å². The fraction of sp³-hybridized carbons (Fsp3) is 0.333. The molecule has 6 nitrogen and oxygen atoms in total. The number of rotatable bonds is 2. The molecule has 0 N–H and O–H groups in total. The molecule has 2 aliphatic rings. The highest BCUT2D eigenvalue weighted by Crippen LogP contribution is 2.42. The minimum Gasteiger partial charge on any atom is -0.273 e. The van der Waals surface area contributed by atoms with E-state index in [1.54, 1.807) is 13.8 Å². The molecule has 1 aromatic carbocycles. The van der Waals surface area contributed by atoms with Gasteiger partial charge in [0.05, 0.1) is 37.1 Å². The molecule has 1 aromatic rings. The molecular weight excluding hydrogens is 372 g/mol. The summed E-state index contributed by atoms with van der Waals surface area (Å²) >= 11 is 0. The maximum absolute atomic E-state index is 9.70. The van der Waals surface area contributed by atoms with Crippen molar-refractivity contribution in [1.29, 1.82) is 10.5 Å². The number of benzene rings is 1. The van der Waals surface area contributed by atoms with Crippen LogP contribution < -0.4 is 0 Å². The van der Waals surface area contributed by atoms with E-state index < -0.39 is 11.8 Å². The fourth-order valence-corrected chi connectivity index (χ4v) is 4.28. The minimum atomic E-state index is -0.500. The van der Waals surface area contributed by atoms with Gasteiger partial charge in [-0.2, -0.15) is 10.5 Å². The van der Waals surface area contributed by atoms with E-state index in [-0.39, 0.29) is 11.8 Å². The first kappa shape index (κ1) is 20.7. The lowest BCUT2D eigenvalue weighted by Gasteiger charge is -2.28. The van der Waals surface area contributed by atoms with Gasteiger partial charge in [-0.15, -0.1) is 0 Å². The van der Waals surface area contributed by atoms with Gasteiger partial charge < -0.3 is 0 Å². The zero-order valence-corrected chi connectivity index (χ0v) is 17.3. The van der Waals surface area contributed by atoms with Crippen molar-refractivity contribution in [2.24, 2.45) is 21.8 Å². The van der Waals surface area contributed by atoms with Gasteiger partial charge >= 0.3 is 0 Å². The number of hydrogen-bond acceptors (Lipinski definition) is 4. The van der Waals surface area contributed by atoms with Crippen molar-refractivity contribution in [3.63, 3.8) is 0 Å². The van der Waals surface area contributed by atoms with Crippen molar-refractivity contribution < 1.29 is 0 Å². The van der Waals surface area contributed by atoms with E-state index in [1.165, 1.54) is 0 Å². The molecule has 0 spiro atoms. The summed E-state index contributed by atoms with van der Waals surface area (Å²) in [6.45, 7) is 22.4. The van der Waals surface area contributed by atoms with Gasteiger partial charge in [0.15, 0.2) is 11.4 Å². The van der Waals surface area contributed by atoms with Gasteiger partial charge in [-0.25, -0.2) is 9.69 Å². The van der Waals surface area contributed by atoms with Crippen LogP contribution in [0.4, 0.5) is 0 Å². The van der Waals surface area contributed by atoms with E-state index in [4.69, 9.17) is 13.1 Å². The molecular formula is C24H20N6. The first-order chi connectivity index (χ1) is 14.4. The Morgan fingerprint density at radius 3 is 1.33 bits per heavy atom. The molecule has 2 aliphatic heterocycles. The van der Waals surface area contributed by atoms with Crippen molar-refractivity contribution in [2.75, 3.05) is 0 Å². The smallest absolute Gasteiger partial charge is 0.195 e. The van der Waals surface area contributed by atoms with Gasteiger partial charge in [0.25, 0.3) is 0 Å². The highest BCUT2D eigenvalue weighted by Gasteiger charge is 2.36. The van der Waals surface area contributed by atoms with Crippen LogP contribution >= 0.6 is 0 Å². The average molecular weight is 392 g/mol. The summed E-state index contributed by atoms with van der Waals surface area (Å²) in [5, 5.41) is 19.4. The third-order valence-electron chi connectivity index (χ3n) is 5.76. The standard InChI is InChI=1S/C24H20N6/c1-13-19(11-25)21(23(27-5)15(3)29-13)17-7-9-18(10-8-17)22-20(12-26)14(2)30-16(4)24(22)28-6/h7-10,19-22H,1-4H3. The summed E-state index contributed by atoms with van der Waals surface area (Å²) in [6, 6.07) is 12.2. The molecule has 0 saturated heterocycles. The Labute approximate surface area is 176 Å². The minimum absolute atomic E-state index is 0.377. The third kappa shape index (κ3) is 3.30. The van der Waals surface area contributed by atoms with Gasteiger partial charge in [0, 0.05) is 34.7 Å². The number of nitriles is 2. The summed E-state index contributed by atoms with van der Waals surface area (Å²) < 4.78 is 0. The van der Waals surface area contributed by atoms with Crippen molar-refractivity contribution in [2.45, 2.75) is 39.5 Å². The topological polar surface area (TPSA) is 81.0 Å². The number of hydrogen-bond donors (Lipinski definition) is 0. The Bertz CT molecular complexity index is 1090. The van der Waals surface area contributed by atoms with Crippen LogP contribution in [0.5, 0.6) is 0 Å². The molecule has 0 amide bonds. The van der Waals surface area contributed by atoms with Crippen molar-refractivity contribution in [3.8, 4) is 12.1 Å². The summed E-state index contributed by atoms with van der Waals surface area (Å²) in [5.74, 6) is -1.75. The normalized spacial score (nSPS) is 26.0. The Balaban J connectivity index is 2.07. The molecule has 2 heterocycles. The molecule has 30 heavy (non-hydrogen) atoms. The maximum Gasteiger partial charge on any atom is 0.195 e. The molecule has 0 saturated carbocycles. The lowest BCUT2D eigenvalue weighted by atomic mass is 9.77. The largest absolute Gasteiger partial charge is 0.273 e. The van der Waals surface area contributed by atoms with E-state index >= 15 is 0 Å². The first-order valence-electron chi connectivity index (χ1n) is 9.53. The molecule has 6 heteroatoms. The second kappa shape index (κ2) is 8.16. The molecule has 0 fully saturated rings. The van der Waals surface area contributed by atoms with E-state index in [0.29, 0.717) is 34.2 Å². The molecule has 0 radical (unpaired) electrons. The summed E-state index contributed by atoms with van der Waals surface area (Å²) in [5.41, 5.74) is 5.35. The molecule has 3 rings (SSSR count). The second-order valence-corrected chi connectivity index (χ2v) is 7.51. The third-order valence-corrected chi connectivity index (χ3v) is 5.76. The van der Waals surface area contributed by atoms with Gasteiger partial charge in [-0.1, -0.05) is 24.3 Å². The predicted octanol–water partition coefficient (Wildman–Crippen LogP) is 5.38. The monoisotopic (exact) mass is 392 g/mol. The molecule has 0 aliphatic carbocycles. The lowest BCUT2D eigenvalue weighted by Crippen LogP contribution is -2.25. The van der Waals surface area contributed by atoms with Crippen molar-refractivity contribution >= 4 is 11.4 Å². The van der Waals surface area contributed by atoms with Crippen LogP contribution in [0.3, 0.4) is 0 Å². The van der Waals surface area contributed by atoms with Gasteiger partial charge in [0.1, 0.15) is 0 Å². The average Bonchev–Trinajstić information content (AvgIpc) is 2.73. The maximum atomic E-state index is 9.70. The zero-order chi connectivity index (χ0) is 22.0. The molecule has 4 unspecified atom stereocenters. The van der Waals surface area contributed by atoms with E-state index in [1.807, 2.05) is 38.1 Å². The second-order valence-electron chi connectivity index (χ2n) is 7.51. The van der Waals surface area contributed by atoms with E-state index in [0.717, 1.165) is 11.1 Å². The lowest BCUT2D eigenvalue weighted by molar-refractivity contribution is 0.688. The van der Waals surface area contributed by atoms with E-state index in [9.17, 15) is 10.5 Å². The van der Waals surface area contributed by atoms with Crippen LogP contribution in [-0.4, -0.2) is 11.4 Å². The zero-order valence-electron chi connectivity index (χ0n) is 17.3. The SMILES string of the molecule is [C-]#[N+]C1=C(C)N=C(C)C(C#N)C1c1ccc(C2C([N+]#[C-])=C(C)N=C(C)C2C#N)cc1. The Morgan fingerprint density at radius 1 is 0.733 bits per heavy atom. The summed E-state index contributed by atoms with van der Waals surface area (Å²) in [6.07, 6.45) is 0. The Morgan fingerprint density at radius 2 is 1.07 bits per heavy atom. The van der Waals surface area contributed by atoms with E-state index in [2.05, 4.69) is 31.8 Å². The molecule has 0 aromatic heterocycles. The first-order valence-corrected chi connectivity index (χ1v) is 9.53. The van der Waals surface area contributed by atoms with Crippen LogP contribution in [0.25, 0.3) is 9.69 Å². The van der Waals surface area contributed by atoms with Gasteiger partial charge in [-0.05, 0) is 38.8 Å². The van der Waals surface area contributed by atoms with Crippen LogP contribution in [0.1, 0.15) is 50.7 Å². The Kier molecular flexibility index (Phi) is 5.64. The van der Waals surface area contributed by atoms with Crippen LogP contribution in [0.15, 0.2) is 57.0 Å². The quantitative estimate of drug-likeness (QED) is 0.633. The highest BCUT2D eigenvalue weighted by molar-refractivity contribution is 5.91. The van der Waals surface area contributed by atoms with Gasteiger partial charge in [-0.3, -0.25) is 9.98 Å². The fourth-order valence-electron chi connectivity index (χ4n) is 4.28. The molecule has 4 atom stereocenters. The van der Waals surface area contributed by atoms with Crippen LogP contribution in [0, 0.1) is 47.6 Å². The summed E-state index contributed by atoms with van der Waals surface area (Å²) in [4.78, 5) is 16.1. The number of nitrogens with zero attached hydrogens (tertiary/aromatic N) is 6. The van der Waals surface area contributed by atoms with Crippen molar-refractivity contribution in [3.05, 3.63) is 81.0 Å². The highest BCUT2D eigenvalue weighted by atomic mass is 14.9. The van der Waals surface area contributed by atoms with Crippen LogP contribution in [-0.2, 0) is 0 Å². The number of aliphatic imine (C=N–C) groups is 2. The van der Waals surface area contributed by atoms with Crippen LogP contribution in [0.2, 0.25) is 0 Å². The summed E-state index contributed by atoms with van der Waals surface area (Å²) in [7, 11) is 0. The number of allylic oxidation sites excluding steroid dienone is 4. The Hall–Kier alpha value is -4.00. The molecule has 0 bridgehead atoms. The van der Waals surface area contributed by atoms with Gasteiger partial charge in [0.2, 0.25) is 0 Å².